The molecule has 1 fully saturated rings. The van der Waals surface area contributed by atoms with Crippen LogP contribution in [-0.4, -0.2) is 17.7 Å². The van der Waals surface area contributed by atoms with Gasteiger partial charge in [0.25, 0.3) is 0 Å². The van der Waals surface area contributed by atoms with E-state index < -0.39 is 6.10 Å². The molecule has 0 N–H and O–H groups in total. The lowest BCUT2D eigenvalue weighted by Crippen LogP contribution is -2.22. The first kappa shape index (κ1) is 6.85. The molecule has 0 aromatic rings. The highest BCUT2D eigenvalue weighted by Gasteiger charge is 2.35. The molecule has 0 radical (unpaired) electrons. The van der Waals surface area contributed by atoms with Crippen LogP contribution in [0.15, 0.2) is 5.34 Å². The highest BCUT2D eigenvalue weighted by molar-refractivity contribution is 6.11. The van der Waals surface area contributed by atoms with E-state index in [1.165, 1.54) is 0 Å². The van der Waals surface area contributed by atoms with Gasteiger partial charge >= 0.3 is 0 Å². The number of carbonyl (C=O) groups is 2. The molecule has 0 unspecified atom stereocenters. The van der Waals surface area contributed by atoms with Gasteiger partial charge in [-0.3, -0.25) is 9.59 Å². The van der Waals surface area contributed by atoms with Crippen LogP contribution in [0, 0.1) is 4.91 Å². The van der Waals surface area contributed by atoms with Crippen molar-refractivity contribution in [3.05, 3.63) is 4.91 Å². The molecular weight excluding hydrogens is 138 g/mol. The van der Waals surface area contributed by atoms with Crippen molar-refractivity contribution in [1.29, 1.82) is 0 Å². The van der Waals surface area contributed by atoms with E-state index in [-0.39, 0.29) is 24.4 Å². The third-order valence-electron chi connectivity index (χ3n) is 1.35. The molecule has 0 aromatic carbocycles. The second kappa shape index (κ2) is 2.55. The molecule has 0 saturated heterocycles. The number of Topliss-reactive ketones (excluding diaryl/α,β-unsaturated/α-hetero) is 2. The summed E-state index contributed by atoms with van der Waals surface area (Å²) in [7, 11) is 0. The highest BCUT2D eigenvalue weighted by atomic mass is 16.7. The Hall–Kier alpha value is -1.26. The quantitative estimate of drug-likeness (QED) is 0.309. The fourth-order valence-corrected chi connectivity index (χ4v) is 0.849. The van der Waals surface area contributed by atoms with E-state index in [9.17, 15) is 14.5 Å². The summed E-state index contributed by atoms with van der Waals surface area (Å²) >= 11 is 0. The standard InChI is InChI=1S/C5H5NO4/c7-3-1-2-4(8)5(3)10-6-9/h5H,1-2H2. The van der Waals surface area contributed by atoms with Gasteiger partial charge in [0.1, 0.15) is 0 Å². The summed E-state index contributed by atoms with van der Waals surface area (Å²) < 4.78 is 0. The first-order valence-corrected chi connectivity index (χ1v) is 2.79. The zero-order valence-corrected chi connectivity index (χ0v) is 5.07. The van der Waals surface area contributed by atoms with E-state index in [0.29, 0.717) is 0 Å². The van der Waals surface area contributed by atoms with E-state index in [4.69, 9.17) is 0 Å². The van der Waals surface area contributed by atoms with Crippen LogP contribution in [0.3, 0.4) is 0 Å². The van der Waals surface area contributed by atoms with E-state index >= 15 is 0 Å². The van der Waals surface area contributed by atoms with Crippen LogP contribution in [0.1, 0.15) is 12.8 Å². The lowest BCUT2D eigenvalue weighted by molar-refractivity contribution is -0.136. The number of hydrogen-bond acceptors (Lipinski definition) is 5. The van der Waals surface area contributed by atoms with Crippen LogP contribution in [0.4, 0.5) is 0 Å². The van der Waals surface area contributed by atoms with E-state index in [2.05, 4.69) is 4.84 Å². The Morgan fingerprint density at radius 2 is 1.80 bits per heavy atom. The van der Waals surface area contributed by atoms with Gasteiger partial charge in [0, 0.05) is 12.8 Å². The lowest BCUT2D eigenvalue weighted by atomic mass is 10.3. The second-order valence-electron chi connectivity index (χ2n) is 1.99. The van der Waals surface area contributed by atoms with Gasteiger partial charge in [0.2, 0.25) is 6.10 Å². The van der Waals surface area contributed by atoms with Crippen molar-refractivity contribution in [2.75, 3.05) is 0 Å². The number of ketones is 2. The van der Waals surface area contributed by atoms with Crippen LogP contribution >= 0.6 is 0 Å². The third kappa shape index (κ3) is 1.02. The summed E-state index contributed by atoms with van der Waals surface area (Å²) in [5.74, 6) is -0.714. The average molecular weight is 143 g/mol. The van der Waals surface area contributed by atoms with Crippen LogP contribution in [0.2, 0.25) is 0 Å². The maximum Gasteiger partial charge on any atom is 0.246 e. The zero-order chi connectivity index (χ0) is 7.56. The van der Waals surface area contributed by atoms with E-state index in [1.807, 2.05) is 5.34 Å². The van der Waals surface area contributed by atoms with Gasteiger partial charge in [-0.15, -0.1) is 4.91 Å². The van der Waals surface area contributed by atoms with Crippen LogP contribution in [-0.2, 0) is 14.4 Å². The smallest absolute Gasteiger partial charge is 0.246 e. The molecule has 10 heavy (non-hydrogen) atoms. The number of hydrogen-bond donors (Lipinski definition) is 0. The molecule has 5 heteroatoms. The molecular formula is C5H5NO4. The van der Waals surface area contributed by atoms with Gasteiger partial charge < -0.3 is 4.84 Å². The van der Waals surface area contributed by atoms with Crippen LogP contribution in [0.25, 0.3) is 0 Å². The second-order valence-corrected chi connectivity index (χ2v) is 1.99. The molecule has 0 heterocycles. The maximum absolute atomic E-state index is 10.6. The Labute approximate surface area is 56.3 Å². The topological polar surface area (TPSA) is 72.8 Å². The van der Waals surface area contributed by atoms with Crippen molar-refractivity contribution in [3.63, 3.8) is 0 Å². The molecule has 0 aromatic heterocycles. The van der Waals surface area contributed by atoms with Gasteiger partial charge in [-0.25, -0.2) is 0 Å². The molecule has 0 bridgehead atoms. The largest absolute Gasteiger partial charge is 0.345 e. The zero-order valence-electron chi connectivity index (χ0n) is 5.07. The maximum atomic E-state index is 10.6. The van der Waals surface area contributed by atoms with Gasteiger partial charge in [-0.2, -0.15) is 0 Å². The van der Waals surface area contributed by atoms with Crippen molar-refractivity contribution in [1.82, 2.24) is 0 Å². The molecule has 1 rings (SSSR count). The number of rotatable bonds is 2. The molecule has 5 nitrogen and oxygen atoms in total. The minimum absolute atomic E-state index is 0.166. The minimum Gasteiger partial charge on any atom is -0.345 e. The molecule has 1 saturated carbocycles. The van der Waals surface area contributed by atoms with Crippen LogP contribution < -0.4 is 0 Å². The Morgan fingerprint density at radius 3 is 2.20 bits per heavy atom. The summed E-state index contributed by atoms with van der Waals surface area (Å²) in [5, 5.41) is 2.03. The number of nitrogens with zero attached hydrogens (tertiary/aromatic N) is 1. The Morgan fingerprint density at radius 1 is 1.30 bits per heavy atom. The normalized spacial score (nSPS) is 19.6. The van der Waals surface area contributed by atoms with Gasteiger partial charge in [-0.05, 0) is 0 Å². The Kier molecular flexibility index (Phi) is 1.75. The van der Waals surface area contributed by atoms with Crippen molar-refractivity contribution < 1.29 is 14.4 Å². The van der Waals surface area contributed by atoms with Crippen molar-refractivity contribution in [2.24, 2.45) is 5.34 Å². The van der Waals surface area contributed by atoms with Crippen molar-refractivity contribution in [3.8, 4) is 0 Å². The molecule has 1 aliphatic rings. The fourth-order valence-electron chi connectivity index (χ4n) is 0.849. The summed E-state index contributed by atoms with van der Waals surface area (Å²) in [4.78, 5) is 34.7. The monoisotopic (exact) mass is 143 g/mol. The third-order valence-corrected chi connectivity index (χ3v) is 1.35. The first-order chi connectivity index (χ1) is 4.75. The summed E-state index contributed by atoms with van der Waals surface area (Å²) in [6.45, 7) is 0. The van der Waals surface area contributed by atoms with Crippen molar-refractivity contribution in [2.45, 2.75) is 18.9 Å². The predicted octanol–water partition coefficient (Wildman–Crippen LogP) is -0.0150. The molecule has 0 spiro atoms. The average Bonchev–Trinajstić information content (AvgIpc) is 2.20. The fraction of sp³-hybridized carbons (Fsp3) is 0.600. The Balaban J connectivity index is 2.62. The SMILES string of the molecule is O=NOC1C(=O)CCC1=O. The lowest BCUT2D eigenvalue weighted by Gasteiger charge is -1.97. The summed E-state index contributed by atoms with van der Waals surface area (Å²) in [6, 6.07) is 0. The van der Waals surface area contributed by atoms with Gasteiger partial charge in [0.15, 0.2) is 16.9 Å². The summed E-state index contributed by atoms with van der Waals surface area (Å²) in [5.41, 5.74) is 0. The highest BCUT2D eigenvalue weighted by Crippen LogP contribution is 2.13. The molecule has 0 atom stereocenters. The van der Waals surface area contributed by atoms with Crippen molar-refractivity contribution >= 4 is 11.6 Å². The predicted molar refractivity (Wildman–Crippen MR) is 29.9 cm³/mol. The minimum atomic E-state index is -1.21. The Bertz CT molecular complexity index is 172. The molecule has 1 aliphatic carbocycles. The summed E-state index contributed by atoms with van der Waals surface area (Å²) in [6.07, 6.45) is -0.879. The molecule has 0 aliphatic heterocycles. The van der Waals surface area contributed by atoms with Gasteiger partial charge in [-0.1, -0.05) is 0 Å². The van der Waals surface area contributed by atoms with E-state index in [1.54, 1.807) is 0 Å². The van der Waals surface area contributed by atoms with E-state index in [0.717, 1.165) is 0 Å². The number of carbonyl (C=O) groups excluding carboxylic acids is 2. The first-order valence-electron chi connectivity index (χ1n) is 2.79. The van der Waals surface area contributed by atoms with Gasteiger partial charge in [0.05, 0.1) is 0 Å². The van der Waals surface area contributed by atoms with Crippen LogP contribution in [0.5, 0.6) is 0 Å². The molecule has 54 valence electrons. The molecule has 0 amide bonds.